The molecule has 0 amide bonds. The second-order valence-electron chi connectivity index (χ2n) is 2.75. The van der Waals surface area contributed by atoms with Crippen molar-refractivity contribution < 1.29 is 13.5 Å². The van der Waals surface area contributed by atoms with Crippen LogP contribution in [0.25, 0.3) is 0 Å². The van der Waals surface area contributed by atoms with Crippen LogP contribution in [-0.2, 0) is 0 Å². The van der Waals surface area contributed by atoms with Gasteiger partial charge in [0.1, 0.15) is 5.75 Å². The van der Waals surface area contributed by atoms with Crippen LogP contribution in [0.1, 0.15) is 11.6 Å². The van der Waals surface area contributed by atoms with Gasteiger partial charge in [-0.05, 0) is 33.6 Å². The highest BCUT2D eigenvalue weighted by Crippen LogP contribution is 2.28. The number of hydrogen-bond acceptors (Lipinski definition) is 2. The zero-order valence-electron chi connectivity index (χ0n) is 7.51. The van der Waals surface area contributed by atoms with E-state index >= 15 is 0 Å². The number of hydrogen-bond donors (Lipinski definition) is 1. The molecule has 1 aromatic rings. The summed E-state index contributed by atoms with van der Waals surface area (Å²) in [4.78, 5) is 0. The molecule has 1 rings (SSSR count). The van der Waals surface area contributed by atoms with E-state index in [0.29, 0.717) is 15.8 Å². The normalized spacial score (nSPS) is 13.0. The highest BCUT2D eigenvalue weighted by atomic mass is 79.9. The van der Waals surface area contributed by atoms with E-state index in [0.717, 1.165) is 0 Å². The first kappa shape index (κ1) is 11.4. The number of benzene rings is 1. The maximum Gasteiger partial charge on any atom is 0.257 e. The quantitative estimate of drug-likeness (QED) is 0.912. The lowest BCUT2D eigenvalue weighted by atomic mass is 10.1. The lowest BCUT2D eigenvalue weighted by molar-refractivity contribution is 0.116. The molecule has 2 nitrogen and oxygen atoms in total. The summed E-state index contributed by atoms with van der Waals surface area (Å²) in [5, 5.41) is 0. The number of methoxy groups -OCH3 is 1. The molecule has 0 aliphatic rings. The van der Waals surface area contributed by atoms with Crippen molar-refractivity contribution in [2.24, 2.45) is 5.73 Å². The van der Waals surface area contributed by atoms with Crippen LogP contribution < -0.4 is 10.5 Å². The summed E-state index contributed by atoms with van der Waals surface area (Å²) in [6, 6.07) is 3.41. The molecule has 0 aliphatic carbocycles. The Morgan fingerprint density at radius 2 is 2.07 bits per heavy atom. The fourth-order valence-corrected chi connectivity index (χ4v) is 1.59. The molecule has 0 fully saturated rings. The summed E-state index contributed by atoms with van der Waals surface area (Å²) in [7, 11) is 1.51. The van der Waals surface area contributed by atoms with Gasteiger partial charge in [-0.15, -0.1) is 0 Å². The van der Waals surface area contributed by atoms with Gasteiger partial charge in [0.05, 0.1) is 17.6 Å². The van der Waals surface area contributed by atoms with E-state index in [1.807, 2.05) is 0 Å². The zero-order valence-corrected chi connectivity index (χ0v) is 9.09. The first-order chi connectivity index (χ1) is 6.56. The van der Waals surface area contributed by atoms with Crippen molar-refractivity contribution in [1.29, 1.82) is 0 Å². The van der Waals surface area contributed by atoms with E-state index in [1.165, 1.54) is 19.2 Å². The van der Waals surface area contributed by atoms with Crippen molar-refractivity contribution in [2.75, 3.05) is 7.11 Å². The van der Waals surface area contributed by atoms with Gasteiger partial charge in [0.15, 0.2) is 0 Å². The Hall–Kier alpha value is -0.680. The molecular weight excluding hydrogens is 256 g/mol. The summed E-state index contributed by atoms with van der Waals surface area (Å²) in [5.74, 6) is 0.593. The third-order valence-electron chi connectivity index (χ3n) is 1.83. The van der Waals surface area contributed by atoms with Gasteiger partial charge in [0.2, 0.25) is 0 Å². The van der Waals surface area contributed by atoms with Crippen LogP contribution in [0.4, 0.5) is 8.78 Å². The number of ether oxygens (including phenoxy) is 1. The van der Waals surface area contributed by atoms with Crippen LogP contribution in [0.5, 0.6) is 5.75 Å². The Kier molecular flexibility index (Phi) is 3.83. The highest BCUT2D eigenvalue weighted by molar-refractivity contribution is 9.10. The number of rotatable bonds is 3. The first-order valence-electron chi connectivity index (χ1n) is 3.93. The molecule has 1 atom stereocenters. The molecule has 0 radical (unpaired) electrons. The first-order valence-corrected chi connectivity index (χ1v) is 4.72. The molecule has 0 heterocycles. The molecule has 0 saturated carbocycles. The van der Waals surface area contributed by atoms with E-state index in [9.17, 15) is 8.78 Å². The molecule has 0 spiro atoms. The van der Waals surface area contributed by atoms with Crippen molar-refractivity contribution in [3.8, 4) is 5.75 Å². The van der Waals surface area contributed by atoms with E-state index in [2.05, 4.69) is 15.9 Å². The molecule has 5 heteroatoms. The minimum Gasteiger partial charge on any atom is -0.496 e. The zero-order chi connectivity index (χ0) is 10.7. The predicted octanol–water partition coefficient (Wildman–Crippen LogP) is 2.72. The molecule has 2 N–H and O–H groups in total. The summed E-state index contributed by atoms with van der Waals surface area (Å²) >= 11 is 3.20. The third-order valence-corrected chi connectivity index (χ3v) is 2.45. The van der Waals surface area contributed by atoms with Crippen LogP contribution >= 0.6 is 15.9 Å². The van der Waals surface area contributed by atoms with Crippen LogP contribution in [0.15, 0.2) is 22.7 Å². The molecule has 0 unspecified atom stereocenters. The Labute approximate surface area is 89.2 Å². The Balaban J connectivity index is 2.96. The van der Waals surface area contributed by atoms with Crippen molar-refractivity contribution in [2.45, 2.75) is 12.5 Å². The van der Waals surface area contributed by atoms with Gasteiger partial charge < -0.3 is 10.5 Å². The van der Waals surface area contributed by atoms with Crippen molar-refractivity contribution in [3.05, 3.63) is 28.2 Å². The summed E-state index contributed by atoms with van der Waals surface area (Å²) < 4.78 is 30.1. The van der Waals surface area contributed by atoms with Crippen molar-refractivity contribution in [1.82, 2.24) is 0 Å². The van der Waals surface area contributed by atoms with Crippen LogP contribution in [0.2, 0.25) is 0 Å². The SMILES string of the molecule is COc1ccc([C@H](N)C(F)F)cc1Br. The Morgan fingerprint density at radius 1 is 1.43 bits per heavy atom. The van der Waals surface area contributed by atoms with Gasteiger partial charge in [0.25, 0.3) is 6.43 Å². The highest BCUT2D eigenvalue weighted by Gasteiger charge is 2.18. The molecule has 0 bridgehead atoms. The fourth-order valence-electron chi connectivity index (χ4n) is 1.04. The monoisotopic (exact) mass is 265 g/mol. The predicted molar refractivity (Wildman–Crippen MR) is 53.6 cm³/mol. The third kappa shape index (κ3) is 2.42. The van der Waals surface area contributed by atoms with Gasteiger partial charge in [-0.2, -0.15) is 0 Å². The van der Waals surface area contributed by atoms with Crippen LogP contribution in [0, 0.1) is 0 Å². The van der Waals surface area contributed by atoms with E-state index in [-0.39, 0.29) is 0 Å². The number of nitrogens with two attached hydrogens (primary N) is 1. The molecule has 0 aromatic heterocycles. The van der Waals surface area contributed by atoms with Crippen LogP contribution in [-0.4, -0.2) is 13.5 Å². The minimum absolute atomic E-state index is 0.382. The minimum atomic E-state index is -2.56. The van der Waals surface area contributed by atoms with E-state index < -0.39 is 12.5 Å². The van der Waals surface area contributed by atoms with Crippen LogP contribution in [0.3, 0.4) is 0 Å². The van der Waals surface area contributed by atoms with E-state index in [1.54, 1.807) is 6.07 Å². The van der Waals surface area contributed by atoms with Gasteiger partial charge in [-0.1, -0.05) is 6.07 Å². The lowest BCUT2D eigenvalue weighted by Crippen LogP contribution is -2.18. The standard InChI is InChI=1S/C9H10BrF2NO/c1-14-7-3-2-5(4-6(7)10)8(13)9(11)12/h2-4,8-9H,13H2,1H3/t8-/m0/s1. The number of halogens is 3. The molecule has 0 aliphatic heterocycles. The summed E-state index contributed by atoms with van der Waals surface area (Å²) in [6.45, 7) is 0. The smallest absolute Gasteiger partial charge is 0.257 e. The summed E-state index contributed by atoms with van der Waals surface area (Å²) in [6.07, 6.45) is -2.56. The van der Waals surface area contributed by atoms with Crippen molar-refractivity contribution >= 4 is 15.9 Å². The molecule has 0 saturated heterocycles. The maximum absolute atomic E-state index is 12.3. The summed E-state index contributed by atoms with van der Waals surface area (Å²) in [5.41, 5.74) is 5.67. The lowest BCUT2D eigenvalue weighted by Gasteiger charge is -2.12. The molecule has 1 aromatic carbocycles. The average molecular weight is 266 g/mol. The second kappa shape index (κ2) is 4.70. The van der Waals surface area contributed by atoms with Gasteiger partial charge in [-0.25, -0.2) is 8.78 Å². The van der Waals surface area contributed by atoms with Gasteiger partial charge in [0, 0.05) is 0 Å². The molecule has 14 heavy (non-hydrogen) atoms. The molecular formula is C9H10BrF2NO. The molecule has 78 valence electrons. The van der Waals surface area contributed by atoms with E-state index in [4.69, 9.17) is 10.5 Å². The Bertz CT molecular complexity index is 320. The maximum atomic E-state index is 12.3. The fraction of sp³-hybridized carbons (Fsp3) is 0.333. The van der Waals surface area contributed by atoms with Gasteiger partial charge in [-0.3, -0.25) is 0 Å². The second-order valence-corrected chi connectivity index (χ2v) is 3.61. The van der Waals surface area contributed by atoms with Gasteiger partial charge >= 0.3 is 0 Å². The number of alkyl halides is 2. The topological polar surface area (TPSA) is 35.2 Å². The Morgan fingerprint density at radius 3 is 2.50 bits per heavy atom. The van der Waals surface area contributed by atoms with Crippen molar-refractivity contribution in [3.63, 3.8) is 0 Å². The largest absolute Gasteiger partial charge is 0.496 e. The average Bonchev–Trinajstić information content (AvgIpc) is 2.16.